The van der Waals surface area contributed by atoms with Crippen molar-refractivity contribution in [2.75, 3.05) is 0 Å². The quantitative estimate of drug-likeness (QED) is 0.395. The molecular formula is C25H23N3O5. The van der Waals surface area contributed by atoms with Crippen LogP contribution in [-0.4, -0.2) is 23.2 Å². The molecule has 1 aliphatic rings. The van der Waals surface area contributed by atoms with Crippen molar-refractivity contribution < 1.29 is 19.3 Å². The number of amides is 1. The molecule has 0 fully saturated rings. The van der Waals surface area contributed by atoms with Gasteiger partial charge in [-0.25, -0.2) is 4.79 Å². The fourth-order valence-corrected chi connectivity index (χ4v) is 3.56. The van der Waals surface area contributed by atoms with E-state index in [-0.39, 0.29) is 11.4 Å². The molecule has 2 atom stereocenters. The van der Waals surface area contributed by atoms with E-state index in [1.807, 2.05) is 66.7 Å². The molecule has 0 bridgehead atoms. The van der Waals surface area contributed by atoms with Crippen LogP contribution >= 0.6 is 0 Å². The summed E-state index contributed by atoms with van der Waals surface area (Å²) in [6.45, 7) is 0. The number of benzene rings is 3. The first-order valence-electron chi connectivity index (χ1n) is 10.5. The van der Waals surface area contributed by atoms with Crippen LogP contribution in [0.25, 0.3) is 0 Å². The average Bonchev–Trinajstić information content (AvgIpc) is 3.29. The first kappa shape index (κ1) is 22.0. The van der Waals surface area contributed by atoms with Crippen molar-refractivity contribution >= 4 is 11.8 Å². The molecular weight excluding hydrogens is 422 g/mol. The van der Waals surface area contributed by atoms with Gasteiger partial charge in [-0.15, -0.1) is 0 Å². The largest absolute Gasteiger partial charge is 0.412 e. The zero-order valence-electron chi connectivity index (χ0n) is 17.7. The second-order valence-electron chi connectivity index (χ2n) is 7.62. The zero-order valence-corrected chi connectivity index (χ0v) is 17.7. The Morgan fingerprint density at radius 2 is 1.64 bits per heavy atom. The van der Waals surface area contributed by atoms with E-state index in [9.17, 15) is 14.9 Å². The Bertz CT molecular complexity index is 1120. The van der Waals surface area contributed by atoms with Crippen LogP contribution in [0.5, 0.6) is 5.75 Å². The Morgan fingerprint density at radius 1 is 1.00 bits per heavy atom. The van der Waals surface area contributed by atoms with Crippen LogP contribution in [0.1, 0.15) is 11.1 Å². The molecule has 0 saturated carbocycles. The molecule has 1 aliphatic heterocycles. The molecule has 8 heteroatoms. The summed E-state index contributed by atoms with van der Waals surface area (Å²) in [5.41, 5.74) is 5.98. The molecule has 0 radical (unpaired) electrons. The van der Waals surface area contributed by atoms with Crippen LogP contribution in [0.15, 0.2) is 96.7 Å². The molecule has 0 saturated heterocycles. The number of allylic oxidation sites excluding steroid dienone is 1. The number of carbonyl (C=O) groups excluding carboxylic acids is 1. The Labute approximate surface area is 191 Å². The number of nitrogens with one attached hydrogen (secondary N) is 2. The highest BCUT2D eigenvalue weighted by atomic mass is 16.7. The Balaban J connectivity index is 1.45. The summed E-state index contributed by atoms with van der Waals surface area (Å²) in [7, 11) is 0. The molecule has 1 amide bonds. The standard InChI is InChI=1S/C25H23N3O5/c29-25(32-22-13-11-21(12-14-22)28(30)31)26-23(16-19-9-5-2-6-10-19)24-17-20(27-33-24)15-18-7-3-1-4-8-18/h1-14,17,23-24,27H,15-16H2,(H,26,29). The van der Waals surface area contributed by atoms with Gasteiger partial charge < -0.3 is 10.1 Å². The van der Waals surface area contributed by atoms with Crippen LogP contribution in [0.4, 0.5) is 10.5 Å². The van der Waals surface area contributed by atoms with Gasteiger partial charge >= 0.3 is 6.09 Å². The van der Waals surface area contributed by atoms with Crippen LogP contribution < -0.4 is 15.5 Å². The normalized spacial score (nSPS) is 15.8. The van der Waals surface area contributed by atoms with E-state index in [1.165, 1.54) is 24.3 Å². The van der Waals surface area contributed by atoms with Gasteiger partial charge in [0.2, 0.25) is 0 Å². The number of hydrogen-bond acceptors (Lipinski definition) is 6. The van der Waals surface area contributed by atoms with E-state index in [2.05, 4.69) is 10.8 Å². The lowest BCUT2D eigenvalue weighted by Gasteiger charge is -2.22. The third-order valence-corrected chi connectivity index (χ3v) is 5.19. The predicted molar refractivity (Wildman–Crippen MR) is 122 cm³/mol. The highest BCUT2D eigenvalue weighted by Crippen LogP contribution is 2.20. The van der Waals surface area contributed by atoms with Crippen molar-refractivity contribution in [1.82, 2.24) is 10.8 Å². The summed E-state index contributed by atoms with van der Waals surface area (Å²) >= 11 is 0. The molecule has 4 rings (SSSR count). The lowest BCUT2D eigenvalue weighted by Crippen LogP contribution is -2.46. The molecule has 0 spiro atoms. The zero-order chi connectivity index (χ0) is 23.0. The summed E-state index contributed by atoms with van der Waals surface area (Å²) < 4.78 is 5.33. The van der Waals surface area contributed by atoms with E-state index in [1.54, 1.807) is 0 Å². The molecule has 0 aliphatic carbocycles. The SMILES string of the molecule is O=C(NC(Cc1ccccc1)C1C=C(Cc2ccccc2)NO1)Oc1ccc([N+](=O)[O-])cc1. The monoisotopic (exact) mass is 445 g/mol. The Morgan fingerprint density at radius 3 is 2.27 bits per heavy atom. The number of nitrogens with zero attached hydrogens (tertiary/aromatic N) is 1. The Kier molecular flexibility index (Phi) is 6.96. The number of hydroxylamine groups is 1. The molecule has 2 unspecified atom stereocenters. The van der Waals surface area contributed by atoms with Crippen molar-refractivity contribution in [3.63, 3.8) is 0 Å². The van der Waals surface area contributed by atoms with Gasteiger partial charge in [-0.2, -0.15) is 0 Å². The summed E-state index contributed by atoms with van der Waals surface area (Å²) in [5.74, 6) is 0.210. The highest BCUT2D eigenvalue weighted by molar-refractivity contribution is 5.71. The fourth-order valence-electron chi connectivity index (χ4n) is 3.56. The molecule has 0 aromatic heterocycles. The van der Waals surface area contributed by atoms with Gasteiger partial charge in [0.25, 0.3) is 5.69 Å². The first-order chi connectivity index (χ1) is 16.1. The highest BCUT2D eigenvalue weighted by Gasteiger charge is 2.28. The van der Waals surface area contributed by atoms with Crippen molar-refractivity contribution in [2.45, 2.75) is 25.0 Å². The van der Waals surface area contributed by atoms with Crippen molar-refractivity contribution in [3.05, 3.63) is 118 Å². The maximum Gasteiger partial charge on any atom is 0.412 e. The second-order valence-corrected chi connectivity index (χ2v) is 7.62. The predicted octanol–water partition coefficient (Wildman–Crippen LogP) is 4.32. The van der Waals surface area contributed by atoms with Crippen molar-refractivity contribution in [3.8, 4) is 5.75 Å². The van der Waals surface area contributed by atoms with Gasteiger partial charge in [-0.1, -0.05) is 60.7 Å². The number of nitro groups is 1. The van der Waals surface area contributed by atoms with Gasteiger partial charge in [0, 0.05) is 24.3 Å². The molecule has 8 nitrogen and oxygen atoms in total. The molecule has 3 aromatic carbocycles. The Hall–Kier alpha value is -4.17. The van der Waals surface area contributed by atoms with Crippen molar-refractivity contribution in [1.29, 1.82) is 0 Å². The minimum atomic E-state index is -0.668. The van der Waals surface area contributed by atoms with E-state index in [4.69, 9.17) is 9.57 Å². The number of rotatable bonds is 8. The van der Waals surface area contributed by atoms with Gasteiger partial charge in [-0.05, 0) is 35.8 Å². The lowest BCUT2D eigenvalue weighted by atomic mass is 10.00. The average molecular weight is 445 g/mol. The van der Waals surface area contributed by atoms with Crippen molar-refractivity contribution in [2.24, 2.45) is 0 Å². The maximum absolute atomic E-state index is 12.6. The third kappa shape index (κ3) is 6.18. The molecule has 3 aromatic rings. The van der Waals surface area contributed by atoms with Crippen LogP contribution in [0.3, 0.4) is 0 Å². The minimum Gasteiger partial charge on any atom is -0.410 e. The van der Waals surface area contributed by atoms with E-state index in [0.29, 0.717) is 12.8 Å². The van der Waals surface area contributed by atoms with Crippen LogP contribution in [0.2, 0.25) is 0 Å². The van der Waals surface area contributed by atoms with Gasteiger partial charge in [0.15, 0.2) is 0 Å². The van der Waals surface area contributed by atoms with Crippen LogP contribution in [-0.2, 0) is 17.7 Å². The van der Waals surface area contributed by atoms with E-state index >= 15 is 0 Å². The van der Waals surface area contributed by atoms with Gasteiger partial charge in [-0.3, -0.25) is 20.4 Å². The molecule has 2 N–H and O–H groups in total. The summed E-state index contributed by atoms with van der Waals surface area (Å²) in [6, 6.07) is 24.7. The van der Waals surface area contributed by atoms with Gasteiger partial charge in [0.05, 0.1) is 11.0 Å². The summed E-state index contributed by atoms with van der Waals surface area (Å²) in [4.78, 5) is 28.7. The van der Waals surface area contributed by atoms with Crippen LogP contribution in [0, 0.1) is 10.1 Å². The number of nitro benzene ring substituents is 1. The van der Waals surface area contributed by atoms with E-state index < -0.39 is 23.2 Å². The molecule has 1 heterocycles. The topological polar surface area (TPSA) is 103 Å². The molecule has 168 valence electrons. The second kappa shape index (κ2) is 10.4. The van der Waals surface area contributed by atoms with Gasteiger partial charge in [0.1, 0.15) is 11.9 Å². The lowest BCUT2D eigenvalue weighted by molar-refractivity contribution is -0.384. The summed E-state index contributed by atoms with van der Waals surface area (Å²) in [5, 5.41) is 13.7. The maximum atomic E-state index is 12.6. The number of carbonyl (C=O) groups is 1. The summed E-state index contributed by atoms with van der Waals surface area (Å²) in [6.07, 6.45) is 2.10. The van der Waals surface area contributed by atoms with E-state index in [0.717, 1.165) is 16.8 Å². The third-order valence-electron chi connectivity index (χ3n) is 5.19. The molecule has 33 heavy (non-hydrogen) atoms. The number of hydrogen-bond donors (Lipinski definition) is 2. The number of ether oxygens (including phenoxy) is 1. The smallest absolute Gasteiger partial charge is 0.410 e. The fraction of sp³-hybridized carbons (Fsp3) is 0.160. The first-order valence-corrected chi connectivity index (χ1v) is 10.5. The minimum absolute atomic E-state index is 0.0776. The number of non-ortho nitro benzene ring substituents is 1.